The summed E-state index contributed by atoms with van der Waals surface area (Å²) >= 11 is 1.31. The summed E-state index contributed by atoms with van der Waals surface area (Å²) in [6.07, 6.45) is 0.161. The average molecular weight is 398 g/mol. The number of ether oxygens (including phenoxy) is 1. The molecule has 2 heterocycles. The largest absolute Gasteiger partial charge is 0.444 e. The van der Waals surface area contributed by atoms with Gasteiger partial charge in [0.05, 0.1) is 16.9 Å². The van der Waals surface area contributed by atoms with Crippen molar-refractivity contribution in [3.8, 4) is 11.1 Å². The van der Waals surface area contributed by atoms with Gasteiger partial charge in [0.1, 0.15) is 15.4 Å². The zero-order valence-corrected chi connectivity index (χ0v) is 17.4. The smallest absolute Gasteiger partial charge is 0.412 e. The third kappa shape index (κ3) is 3.84. The Morgan fingerprint density at radius 3 is 2.61 bits per heavy atom. The molecule has 0 aliphatic rings. The zero-order chi connectivity index (χ0) is 20.6. The second-order valence-corrected chi connectivity index (χ2v) is 8.62. The van der Waals surface area contributed by atoms with Crippen molar-refractivity contribution in [2.75, 3.05) is 11.1 Å². The lowest BCUT2D eigenvalue weighted by Gasteiger charge is -2.19. The molecule has 3 aromatic rings. The predicted molar refractivity (Wildman–Crippen MR) is 114 cm³/mol. The van der Waals surface area contributed by atoms with E-state index in [1.54, 1.807) is 27.7 Å². The molecular weight excluding hydrogens is 374 g/mol. The highest BCUT2D eigenvalue weighted by molar-refractivity contribution is 7.23. The van der Waals surface area contributed by atoms with Crippen molar-refractivity contribution in [2.45, 2.75) is 40.2 Å². The topological polar surface area (TPSA) is 94.3 Å². The van der Waals surface area contributed by atoms with E-state index in [9.17, 15) is 9.59 Å². The summed E-state index contributed by atoms with van der Waals surface area (Å²) in [6, 6.07) is 7.86. The van der Waals surface area contributed by atoms with Gasteiger partial charge in [-0.1, -0.05) is 41.2 Å². The fourth-order valence-corrected chi connectivity index (χ4v) is 4.15. The molecule has 0 bridgehead atoms. The molecule has 0 unspecified atom stereocenters. The minimum absolute atomic E-state index is 0.363. The van der Waals surface area contributed by atoms with Crippen LogP contribution in [-0.2, 0) is 4.74 Å². The Hall–Kier alpha value is -2.93. The van der Waals surface area contributed by atoms with Crippen LogP contribution in [0.15, 0.2) is 24.3 Å². The van der Waals surface area contributed by atoms with Gasteiger partial charge in [-0.25, -0.2) is 9.78 Å². The molecule has 0 saturated heterocycles. The summed E-state index contributed by atoms with van der Waals surface area (Å²) in [5.74, 6) is 0. The maximum Gasteiger partial charge on any atom is 0.412 e. The summed E-state index contributed by atoms with van der Waals surface area (Å²) in [6.45, 7) is 9.14. The van der Waals surface area contributed by atoms with E-state index in [0.717, 1.165) is 23.0 Å². The molecule has 0 aliphatic heterocycles. The number of nitrogens with one attached hydrogen (secondary N) is 1. The van der Waals surface area contributed by atoms with Crippen LogP contribution in [0.4, 0.5) is 15.5 Å². The second kappa shape index (κ2) is 7.24. The van der Waals surface area contributed by atoms with Gasteiger partial charge >= 0.3 is 6.09 Å². The number of carbonyl (C=O) groups excluding carboxylic acids is 2. The summed E-state index contributed by atoms with van der Waals surface area (Å²) in [5, 5.41) is 4.07. The van der Waals surface area contributed by atoms with Crippen molar-refractivity contribution in [3.63, 3.8) is 0 Å². The summed E-state index contributed by atoms with van der Waals surface area (Å²) in [4.78, 5) is 29.1. The number of nitrogens with zero attached hydrogens (tertiary/aromatic N) is 1. The van der Waals surface area contributed by atoms with Gasteiger partial charge in [-0.05, 0) is 40.2 Å². The lowest BCUT2D eigenvalue weighted by atomic mass is 10.00. The molecule has 3 rings (SSSR count). The van der Waals surface area contributed by atoms with Crippen LogP contribution in [0.1, 0.15) is 42.4 Å². The number of rotatable bonds is 3. The van der Waals surface area contributed by atoms with Crippen LogP contribution in [0, 0.1) is 13.8 Å². The summed E-state index contributed by atoms with van der Waals surface area (Å²) in [7, 11) is 0. The number of anilines is 2. The van der Waals surface area contributed by atoms with E-state index in [2.05, 4.69) is 10.3 Å². The fourth-order valence-electron chi connectivity index (χ4n) is 3.00. The van der Waals surface area contributed by atoms with Crippen LogP contribution in [0.2, 0.25) is 0 Å². The Morgan fingerprint density at radius 1 is 1.29 bits per heavy atom. The third-order valence-corrected chi connectivity index (χ3v) is 5.15. The maximum absolute atomic E-state index is 12.4. The first-order valence-corrected chi connectivity index (χ1v) is 9.67. The van der Waals surface area contributed by atoms with Crippen LogP contribution in [-0.4, -0.2) is 23.0 Å². The molecule has 3 N–H and O–H groups in total. The van der Waals surface area contributed by atoms with Gasteiger partial charge in [0, 0.05) is 10.9 Å². The molecule has 0 fully saturated rings. The highest BCUT2D eigenvalue weighted by Crippen LogP contribution is 2.45. The van der Waals surface area contributed by atoms with Gasteiger partial charge in [0.15, 0.2) is 6.29 Å². The summed E-state index contributed by atoms with van der Waals surface area (Å²) in [5.41, 5.74) is 9.69. The Bertz CT molecular complexity index is 1080. The Balaban J connectivity index is 2.25. The molecule has 0 spiro atoms. The van der Waals surface area contributed by atoms with Crippen LogP contribution >= 0.6 is 11.3 Å². The van der Waals surface area contributed by atoms with Gasteiger partial charge in [0.2, 0.25) is 0 Å². The monoisotopic (exact) mass is 397 g/mol. The SMILES string of the molecule is Cc1cccc(-c2c(NC(=O)OC(C)(C)C)sc3nc(C)c(C=O)c(N)c23)c1. The van der Waals surface area contributed by atoms with Gasteiger partial charge in [0.25, 0.3) is 0 Å². The minimum atomic E-state index is -0.622. The second-order valence-electron chi connectivity index (χ2n) is 7.63. The van der Waals surface area contributed by atoms with Crippen LogP contribution in [0.25, 0.3) is 21.3 Å². The number of nitrogen functional groups attached to an aromatic ring is 1. The van der Waals surface area contributed by atoms with Crippen LogP contribution < -0.4 is 11.1 Å². The number of amides is 1. The van der Waals surface area contributed by atoms with E-state index >= 15 is 0 Å². The highest BCUT2D eigenvalue weighted by atomic mass is 32.1. The number of aldehydes is 1. The number of nitrogens with two attached hydrogens (primary N) is 1. The first-order chi connectivity index (χ1) is 13.1. The number of aromatic nitrogens is 1. The lowest BCUT2D eigenvalue weighted by molar-refractivity contribution is 0.0636. The van der Waals surface area contributed by atoms with Crippen molar-refractivity contribution < 1.29 is 14.3 Å². The molecule has 0 aliphatic carbocycles. The zero-order valence-electron chi connectivity index (χ0n) is 16.5. The lowest BCUT2D eigenvalue weighted by Crippen LogP contribution is -2.27. The molecule has 2 aromatic heterocycles. The highest BCUT2D eigenvalue weighted by Gasteiger charge is 2.24. The molecule has 1 aromatic carbocycles. The van der Waals surface area contributed by atoms with Crippen molar-refractivity contribution >= 4 is 44.6 Å². The number of fused-ring (bicyclic) bond motifs is 1. The Kier molecular flexibility index (Phi) is 5.12. The minimum Gasteiger partial charge on any atom is -0.444 e. The number of hydrogen-bond donors (Lipinski definition) is 2. The van der Waals surface area contributed by atoms with Crippen molar-refractivity contribution in [2.24, 2.45) is 0 Å². The first-order valence-electron chi connectivity index (χ1n) is 8.85. The van der Waals surface area contributed by atoms with E-state index in [4.69, 9.17) is 10.5 Å². The maximum atomic E-state index is 12.4. The number of hydrogen-bond acceptors (Lipinski definition) is 6. The van der Waals surface area contributed by atoms with E-state index in [-0.39, 0.29) is 0 Å². The van der Waals surface area contributed by atoms with Crippen LogP contribution in [0.5, 0.6) is 0 Å². The molecule has 1 amide bonds. The fraction of sp³-hybridized carbons (Fsp3) is 0.286. The molecule has 7 heteroatoms. The molecule has 0 atom stereocenters. The number of pyridine rings is 1. The van der Waals surface area contributed by atoms with Gasteiger partial charge < -0.3 is 10.5 Å². The number of carbonyl (C=O) groups is 2. The Labute approximate surface area is 167 Å². The molecular formula is C21H23N3O3S. The van der Waals surface area contributed by atoms with E-state index in [1.165, 1.54) is 11.3 Å². The third-order valence-electron chi connectivity index (χ3n) is 4.15. The van der Waals surface area contributed by atoms with Gasteiger partial charge in [-0.3, -0.25) is 10.1 Å². The summed E-state index contributed by atoms with van der Waals surface area (Å²) < 4.78 is 5.40. The number of aryl methyl sites for hydroxylation is 2. The number of benzene rings is 1. The standard InChI is InChI=1S/C21H23N3O3S/c1-11-7-6-8-13(9-11)15-16-17(22)14(10-25)12(2)23-19(16)28-18(15)24-20(26)27-21(3,4)5/h6-10H,1-5H3,(H2,22,23)(H,24,26). The molecule has 6 nitrogen and oxygen atoms in total. The average Bonchev–Trinajstić information content (AvgIpc) is 2.91. The van der Waals surface area contributed by atoms with Gasteiger partial charge in [-0.15, -0.1) is 0 Å². The van der Waals surface area contributed by atoms with Crippen molar-refractivity contribution in [1.82, 2.24) is 4.98 Å². The van der Waals surface area contributed by atoms with Gasteiger partial charge in [-0.2, -0.15) is 0 Å². The quantitative estimate of drug-likeness (QED) is 0.583. The van der Waals surface area contributed by atoms with Crippen molar-refractivity contribution in [3.05, 3.63) is 41.1 Å². The van der Waals surface area contributed by atoms with Crippen molar-refractivity contribution in [1.29, 1.82) is 0 Å². The normalized spacial score (nSPS) is 11.5. The van der Waals surface area contributed by atoms with Crippen LogP contribution in [0.3, 0.4) is 0 Å². The predicted octanol–water partition coefficient (Wildman–Crippen LogP) is 5.32. The molecule has 0 saturated carbocycles. The van der Waals surface area contributed by atoms with E-state index in [0.29, 0.717) is 32.2 Å². The van der Waals surface area contributed by atoms with E-state index in [1.807, 2.05) is 31.2 Å². The van der Waals surface area contributed by atoms with E-state index < -0.39 is 11.7 Å². The first kappa shape index (κ1) is 19.8. The Morgan fingerprint density at radius 2 is 2.00 bits per heavy atom. The molecule has 28 heavy (non-hydrogen) atoms. The molecule has 0 radical (unpaired) electrons. The number of thiophene rings is 1. The molecule has 146 valence electrons.